The molecule has 3 aliphatic carbocycles. The minimum absolute atomic E-state index is 0.0175. The Labute approximate surface area is 110 Å². The summed E-state index contributed by atoms with van der Waals surface area (Å²) in [5.41, 5.74) is 1.50. The lowest BCUT2D eigenvalue weighted by Crippen LogP contribution is -2.14. The van der Waals surface area contributed by atoms with E-state index in [0.29, 0.717) is 18.9 Å². The first kappa shape index (κ1) is 12.3. The normalized spacial score (nSPS) is 41.8. The minimum atomic E-state index is 0.0175. The third-order valence-corrected chi connectivity index (χ3v) is 5.49. The quantitative estimate of drug-likeness (QED) is 0.564. The highest BCUT2D eigenvalue weighted by molar-refractivity contribution is 5.70. The van der Waals surface area contributed by atoms with Crippen molar-refractivity contribution >= 4 is 5.97 Å². The van der Waals surface area contributed by atoms with Crippen LogP contribution < -0.4 is 0 Å². The van der Waals surface area contributed by atoms with Crippen molar-refractivity contribution in [2.75, 3.05) is 6.61 Å². The van der Waals surface area contributed by atoms with Crippen molar-refractivity contribution in [1.29, 1.82) is 0 Å². The first-order valence-electron chi connectivity index (χ1n) is 7.55. The van der Waals surface area contributed by atoms with Crippen LogP contribution in [-0.2, 0) is 9.53 Å². The highest BCUT2D eigenvalue weighted by Gasteiger charge is 2.57. The summed E-state index contributed by atoms with van der Waals surface area (Å²) in [6.07, 6.45) is 7.20. The van der Waals surface area contributed by atoms with E-state index < -0.39 is 0 Å². The zero-order valence-electron chi connectivity index (χ0n) is 11.4. The third-order valence-electron chi connectivity index (χ3n) is 5.49. The largest absolute Gasteiger partial charge is 0.466 e. The number of hydrogen-bond donors (Lipinski definition) is 0. The number of allylic oxidation sites excluding steroid dienone is 1. The van der Waals surface area contributed by atoms with Crippen LogP contribution in [0, 0.1) is 29.6 Å². The van der Waals surface area contributed by atoms with Gasteiger partial charge in [-0.2, -0.15) is 0 Å². The van der Waals surface area contributed by atoms with E-state index in [4.69, 9.17) is 4.74 Å². The summed E-state index contributed by atoms with van der Waals surface area (Å²) < 4.78 is 5.11. The lowest BCUT2D eigenvalue weighted by Gasteiger charge is -2.20. The summed E-state index contributed by atoms with van der Waals surface area (Å²) in [4.78, 5) is 11.6. The molecule has 0 heterocycles. The molecule has 18 heavy (non-hydrogen) atoms. The van der Waals surface area contributed by atoms with Crippen molar-refractivity contribution in [3.8, 4) is 0 Å². The summed E-state index contributed by atoms with van der Waals surface area (Å²) >= 11 is 0. The van der Waals surface area contributed by atoms with Crippen molar-refractivity contribution in [2.45, 2.75) is 45.4 Å². The standard InChI is InChI=1S/C16H24O2/c1-3-18-15(17)9-14-13-8-7-10(2)11-5-4-6-12(11)16(13)14/h11-14,16H,2-9H2,1H3/t11-,12-,13+,14?,16+/m0/s1. The maximum atomic E-state index is 11.6. The van der Waals surface area contributed by atoms with Gasteiger partial charge in [-0.25, -0.2) is 0 Å². The Hall–Kier alpha value is -0.790. The van der Waals surface area contributed by atoms with E-state index in [1.807, 2.05) is 6.92 Å². The molecular formula is C16H24O2. The fourth-order valence-electron chi connectivity index (χ4n) is 4.71. The Morgan fingerprint density at radius 3 is 2.94 bits per heavy atom. The summed E-state index contributed by atoms with van der Waals surface area (Å²) in [5, 5.41) is 0. The predicted molar refractivity (Wildman–Crippen MR) is 70.9 cm³/mol. The second kappa shape index (κ2) is 4.71. The van der Waals surface area contributed by atoms with Gasteiger partial charge in [-0.1, -0.05) is 18.6 Å². The molecule has 0 aromatic rings. The van der Waals surface area contributed by atoms with E-state index >= 15 is 0 Å². The van der Waals surface area contributed by atoms with Crippen LogP contribution in [0.1, 0.15) is 45.4 Å². The van der Waals surface area contributed by atoms with Gasteiger partial charge in [0.2, 0.25) is 0 Å². The molecule has 3 saturated carbocycles. The molecule has 2 nitrogen and oxygen atoms in total. The van der Waals surface area contributed by atoms with Crippen LogP contribution in [0.25, 0.3) is 0 Å². The number of ether oxygens (including phenoxy) is 1. The van der Waals surface area contributed by atoms with Crippen molar-refractivity contribution in [3.63, 3.8) is 0 Å². The second-order valence-electron chi connectivity index (χ2n) is 6.31. The Kier molecular flexibility index (Phi) is 3.21. The van der Waals surface area contributed by atoms with Crippen LogP contribution in [0.2, 0.25) is 0 Å². The SMILES string of the molecule is C=C1CC[C@@H]2C(CC(=O)OCC)[C@@H]2[C@H]2CCC[C@@H]12. The van der Waals surface area contributed by atoms with Gasteiger partial charge in [0.15, 0.2) is 0 Å². The molecule has 1 unspecified atom stereocenters. The Bertz CT molecular complexity index is 360. The van der Waals surface area contributed by atoms with Gasteiger partial charge >= 0.3 is 5.97 Å². The molecule has 0 N–H and O–H groups in total. The van der Waals surface area contributed by atoms with Crippen LogP contribution in [0.5, 0.6) is 0 Å². The van der Waals surface area contributed by atoms with Crippen LogP contribution in [0.4, 0.5) is 0 Å². The van der Waals surface area contributed by atoms with Crippen LogP contribution in [-0.4, -0.2) is 12.6 Å². The van der Waals surface area contributed by atoms with Crippen LogP contribution in [0.15, 0.2) is 12.2 Å². The average molecular weight is 248 g/mol. The van der Waals surface area contributed by atoms with E-state index in [2.05, 4.69) is 6.58 Å². The van der Waals surface area contributed by atoms with Gasteiger partial charge in [-0.3, -0.25) is 4.79 Å². The predicted octanol–water partition coefficient (Wildman–Crippen LogP) is 3.57. The topological polar surface area (TPSA) is 26.3 Å². The number of fused-ring (bicyclic) bond motifs is 3. The van der Waals surface area contributed by atoms with Crippen molar-refractivity contribution in [2.24, 2.45) is 29.6 Å². The van der Waals surface area contributed by atoms with E-state index in [1.165, 1.54) is 37.7 Å². The number of esters is 1. The van der Waals surface area contributed by atoms with Gasteiger partial charge in [0.05, 0.1) is 6.61 Å². The number of carbonyl (C=O) groups is 1. The van der Waals surface area contributed by atoms with Gasteiger partial charge in [0, 0.05) is 6.42 Å². The molecule has 0 aromatic heterocycles. The summed E-state index contributed by atoms with van der Waals surface area (Å²) in [5.74, 6) is 3.85. The maximum absolute atomic E-state index is 11.6. The molecular weight excluding hydrogens is 224 g/mol. The highest BCUT2D eigenvalue weighted by Crippen LogP contribution is 2.63. The highest BCUT2D eigenvalue weighted by atomic mass is 16.5. The summed E-state index contributed by atoms with van der Waals surface area (Å²) in [6, 6.07) is 0. The minimum Gasteiger partial charge on any atom is -0.466 e. The van der Waals surface area contributed by atoms with E-state index in [9.17, 15) is 4.79 Å². The Balaban J connectivity index is 1.65. The lowest BCUT2D eigenvalue weighted by molar-refractivity contribution is -0.143. The molecule has 0 saturated heterocycles. The van der Waals surface area contributed by atoms with Gasteiger partial charge in [-0.15, -0.1) is 0 Å². The first-order valence-corrected chi connectivity index (χ1v) is 7.55. The average Bonchev–Trinajstić information content (AvgIpc) is 2.83. The molecule has 3 aliphatic rings. The summed E-state index contributed by atoms with van der Waals surface area (Å²) in [7, 11) is 0. The van der Waals surface area contributed by atoms with Gasteiger partial charge in [0.25, 0.3) is 0 Å². The van der Waals surface area contributed by atoms with E-state index in [-0.39, 0.29) is 5.97 Å². The molecule has 2 heteroatoms. The Morgan fingerprint density at radius 1 is 1.33 bits per heavy atom. The molecule has 0 spiro atoms. The number of hydrogen-bond acceptors (Lipinski definition) is 2. The number of carbonyl (C=O) groups excluding carboxylic acids is 1. The molecule has 0 bridgehead atoms. The summed E-state index contributed by atoms with van der Waals surface area (Å²) in [6.45, 7) is 6.70. The fraction of sp³-hybridized carbons (Fsp3) is 0.812. The van der Waals surface area contributed by atoms with Crippen molar-refractivity contribution < 1.29 is 9.53 Å². The van der Waals surface area contributed by atoms with Crippen LogP contribution in [0.3, 0.4) is 0 Å². The zero-order chi connectivity index (χ0) is 12.7. The van der Waals surface area contributed by atoms with E-state index in [0.717, 1.165) is 23.7 Å². The molecule has 0 aliphatic heterocycles. The van der Waals surface area contributed by atoms with Crippen LogP contribution >= 0.6 is 0 Å². The molecule has 3 rings (SSSR count). The second-order valence-corrected chi connectivity index (χ2v) is 6.31. The third kappa shape index (κ3) is 2.00. The fourth-order valence-corrected chi connectivity index (χ4v) is 4.71. The molecule has 100 valence electrons. The molecule has 3 fully saturated rings. The zero-order valence-corrected chi connectivity index (χ0v) is 11.4. The smallest absolute Gasteiger partial charge is 0.306 e. The van der Waals surface area contributed by atoms with Crippen molar-refractivity contribution in [3.05, 3.63) is 12.2 Å². The van der Waals surface area contributed by atoms with Gasteiger partial charge in [-0.05, 0) is 62.2 Å². The molecule has 0 amide bonds. The van der Waals surface area contributed by atoms with E-state index in [1.54, 1.807) is 0 Å². The maximum Gasteiger partial charge on any atom is 0.306 e. The first-order chi connectivity index (χ1) is 8.72. The van der Waals surface area contributed by atoms with Crippen molar-refractivity contribution in [1.82, 2.24) is 0 Å². The molecule has 5 atom stereocenters. The molecule has 0 aromatic carbocycles. The lowest BCUT2D eigenvalue weighted by atomic mass is 9.85. The monoisotopic (exact) mass is 248 g/mol. The Morgan fingerprint density at radius 2 is 2.17 bits per heavy atom. The van der Waals surface area contributed by atoms with Gasteiger partial charge in [0.1, 0.15) is 0 Å². The number of rotatable bonds is 3. The van der Waals surface area contributed by atoms with Gasteiger partial charge < -0.3 is 4.74 Å². The molecule has 0 radical (unpaired) electrons.